The fourth-order valence-electron chi connectivity index (χ4n) is 2.55. The Morgan fingerprint density at radius 1 is 1.52 bits per heavy atom. The highest BCUT2D eigenvalue weighted by Gasteiger charge is 2.36. The summed E-state index contributed by atoms with van der Waals surface area (Å²) >= 11 is 7.36. The van der Waals surface area contributed by atoms with E-state index in [-0.39, 0.29) is 17.9 Å². The molecule has 0 aliphatic carbocycles. The summed E-state index contributed by atoms with van der Waals surface area (Å²) in [5.41, 5.74) is 1.06. The molecule has 4 atom stereocenters. The largest absolute Gasteiger partial charge is 0.331 e. The number of hydrogen-bond donors (Lipinski definition) is 3. The summed E-state index contributed by atoms with van der Waals surface area (Å²) in [6.07, 6.45) is 0.658. The SMILES string of the molecule is CCC1NC(SC(C)C(=O)Nc2cccc(Cl)c2C)NC(=O)C1C#N. The Kier molecular flexibility index (Phi) is 6.71. The number of rotatable bonds is 5. The van der Waals surface area contributed by atoms with Gasteiger partial charge in [0.2, 0.25) is 11.8 Å². The summed E-state index contributed by atoms with van der Waals surface area (Å²) in [5, 5.41) is 18.1. The highest BCUT2D eigenvalue weighted by molar-refractivity contribution is 8.01. The number of benzene rings is 1. The van der Waals surface area contributed by atoms with Crippen LogP contribution in [0.1, 0.15) is 25.8 Å². The summed E-state index contributed by atoms with van der Waals surface area (Å²) in [7, 11) is 0. The van der Waals surface area contributed by atoms with E-state index >= 15 is 0 Å². The van der Waals surface area contributed by atoms with Gasteiger partial charge in [0.05, 0.1) is 11.3 Å². The zero-order valence-electron chi connectivity index (χ0n) is 14.3. The number of hydrogen-bond acceptors (Lipinski definition) is 5. The van der Waals surface area contributed by atoms with Gasteiger partial charge in [0.1, 0.15) is 11.4 Å². The number of thioether (sulfide) groups is 1. The van der Waals surface area contributed by atoms with Crippen molar-refractivity contribution in [3.05, 3.63) is 28.8 Å². The molecule has 0 bridgehead atoms. The van der Waals surface area contributed by atoms with Crippen molar-refractivity contribution in [1.29, 1.82) is 5.26 Å². The lowest BCUT2D eigenvalue weighted by Gasteiger charge is -2.34. The van der Waals surface area contributed by atoms with Crippen molar-refractivity contribution < 1.29 is 9.59 Å². The minimum absolute atomic E-state index is 0.179. The predicted octanol–water partition coefficient (Wildman–Crippen LogP) is 2.63. The van der Waals surface area contributed by atoms with Gasteiger partial charge in [-0.25, -0.2) is 0 Å². The second kappa shape index (κ2) is 8.56. The highest BCUT2D eigenvalue weighted by Crippen LogP contribution is 2.25. The number of carbonyl (C=O) groups excluding carboxylic acids is 2. The van der Waals surface area contributed by atoms with Crippen LogP contribution in [-0.4, -0.2) is 28.6 Å². The summed E-state index contributed by atoms with van der Waals surface area (Å²) in [4.78, 5) is 24.5. The number of amides is 2. The van der Waals surface area contributed by atoms with Gasteiger partial charge in [-0.3, -0.25) is 14.9 Å². The van der Waals surface area contributed by atoms with Crippen LogP contribution < -0.4 is 16.0 Å². The second-order valence-electron chi connectivity index (χ2n) is 5.86. The first-order chi connectivity index (χ1) is 11.9. The smallest absolute Gasteiger partial charge is 0.240 e. The Bertz CT molecular complexity index is 706. The maximum atomic E-state index is 12.4. The Balaban J connectivity index is 1.98. The van der Waals surface area contributed by atoms with E-state index in [0.29, 0.717) is 17.1 Å². The number of nitrogens with zero attached hydrogens (tertiary/aromatic N) is 1. The second-order valence-corrected chi connectivity index (χ2v) is 7.71. The normalized spacial score (nSPS) is 24.1. The number of nitriles is 1. The molecule has 3 N–H and O–H groups in total. The van der Waals surface area contributed by atoms with Crippen molar-refractivity contribution in [2.45, 2.75) is 44.0 Å². The van der Waals surface area contributed by atoms with Crippen LogP contribution in [0.5, 0.6) is 0 Å². The molecule has 1 aromatic rings. The van der Waals surface area contributed by atoms with E-state index in [9.17, 15) is 9.59 Å². The molecular weight excluding hydrogens is 360 g/mol. The van der Waals surface area contributed by atoms with Gasteiger partial charge in [0, 0.05) is 16.8 Å². The molecule has 0 spiro atoms. The van der Waals surface area contributed by atoms with Crippen LogP contribution in [0.15, 0.2) is 18.2 Å². The number of nitrogens with one attached hydrogen (secondary N) is 3. The van der Waals surface area contributed by atoms with Gasteiger partial charge in [-0.2, -0.15) is 5.26 Å². The average Bonchev–Trinajstić information content (AvgIpc) is 2.58. The summed E-state index contributed by atoms with van der Waals surface area (Å²) in [5.74, 6) is -1.19. The Morgan fingerprint density at radius 3 is 2.88 bits per heavy atom. The van der Waals surface area contributed by atoms with Crippen molar-refractivity contribution in [1.82, 2.24) is 10.6 Å². The summed E-state index contributed by atoms with van der Waals surface area (Å²) in [6, 6.07) is 7.14. The quantitative estimate of drug-likeness (QED) is 0.730. The fraction of sp³-hybridized carbons (Fsp3) is 0.471. The van der Waals surface area contributed by atoms with E-state index < -0.39 is 16.7 Å². The molecule has 4 unspecified atom stereocenters. The molecular formula is C17H21ClN4O2S. The van der Waals surface area contributed by atoms with E-state index in [0.717, 1.165) is 5.56 Å². The highest BCUT2D eigenvalue weighted by atomic mass is 35.5. The van der Waals surface area contributed by atoms with Crippen molar-refractivity contribution in [3.63, 3.8) is 0 Å². The van der Waals surface area contributed by atoms with Gasteiger partial charge >= 0.3 is 0 Å². The molecule has 1 saturated heterocycles. The van der Waals surface area contributed by atoms with Crippen LogP contribution in [0, 0.1) is 24.2 Å². The monoisotopic (exact) mass is 380 g/mol. The van der Waals surface area contributed by atoms with Gasteiger partial charge in [-0.1, -0.05) is 24.6 Å². The van der Waals surface area contributed by atoms with E-state index in [1.807, 2.05) is 19.9 Å². The van der Waals surface area contributed by atoms with Crippen molar-refractivity contribution in [2.24, 2.45) is 5.92 Å². The van der Waals surface area contributed by atoms with E-state index in [4.69, 9.17) is 16.9 Å². The third-order valence-corrected chi connectivity index (χ3v) is 5.70. The first-order valence-electron chi connectivity index (χ1n) is 8.04. The Morgan fingerprint density at radius 2 is 2.24 bits per heavy atom. The van der Waals surface area contributed by atoms with Crippen LogP contribution in [0.2, 0.25) is 5.02 Å². The minimum atomic E-state index is -0.708. The topological polar surface area (TPSA) is 94.0 Å². The van der Waals surface area contributed by atoms with E-state index in [1.165, 1.54) is 11.8 Å². The van der Waals surface area contributed by atoms with Gasteiger partial charge in [-0.05, 0) is 38.0 Å². The van der Waals surface area contributed by atoms with Gasteiger partial charge in [-0.15, -0.1) is 11.8 Å². The average molecular weight is 381 g/mol. The lowest BCUT2D eigenvalue weighted by atomic mass is 9.97. The molecule has 1 heterocycles. The zero-order chi connectivity index (χ0) is 18.6. The van der Waals surface area contributed by atoms with Crippen LogP contribution in [-0.2, 0) is 9.59 Å². The first-order valence-corrected chi connectivity index (χ1v) is 9.37. The predicted molar refractivity (Wildman–Crippen MR) is 100 cm³/mol. The molecule has 6 nitrogen and oxygen atoms in total. The molecule has 134 valence electrons. The molecule has 1 aliphatic heterocycles. The van der Waals surface area contributed by atoms with Crippen LogP contribution >= 0.6 is 23.4 Å². The molecule has 1 fully saturated rings. The minimum Gasteiger partial charge on any atom is -0.331 e. The molecule has 1 aliphatic rings. The molecule has 0 aromatic heterocycles. The first kappa shape index (κ1) is 19.6. The third-order valence-electron chi connectivity index (χ3n) is 4.14. The third kappa shape index (κ3) is 4.66. The van der Waals surface area contributed by atoms with Crippen molar-refractivity contribution in [2.75, 3.05) is 5.32 Å². The number of anilines is 1. The standard InChI is InChI=1S/C17H21ClN4O2S/c1-4-13-11(8-19)16(24)22-17(21-13)25-10(3)15(23)20-14-7-5-6-12(18)9(14)2/h5-7,10-11,13,17,21H,4H2,1-3H3,(H,20,23)(H,22,24). The molecule has 2 amide bonds. The number of carbonyl (C=O) groups is 2. The van der Waals surface area contributed by atoms with Crippen LogP contribution in [0.3, 0.4) is 0 Å². The zero-order valence-corrected chi connectivity index (χ0v) is 15.9. The maximum absolute atomic E-state index is 12.4. The lowest BCUT2D eigenvalue weighted by Crippen LogP contribution is -2.60. The molecule has 25 heavy (non-hydrogen) atoms. The van der Waals surface area contributed by atoms with Gasteiger partial charge in [0.15, 0.2) is 0 Å². The summed E-state index contributed by atoms with van der Waals surface area (Å²) in [6.45, 7) is 5.53. The molecule has 2 rings (SSSR count). The van der Waals surface area contributed by atoms with Crippen molar-refractivity contribution >= 4 is 40.9 Å². The Labute approximate surface area is 156 Å². The van der Waals surface area contributed by atoms with E-state index in [2.05, 4.69) is 16.0 Å². The lowest BCUT2D eigenvalue weighted by molar-refractivity contribution is -0.126. The molecule has 0 radical (unpaired) electrons. The van der Waals surface area contributed by atoms with Crippen LogP contribution in [0.4, 0.5) is 5.69 Å². The molecule has 0 saturated carbocycles. The molecule has 1 aromatic carbocycles. The van der Waals surface area contributed by atoms with Gasteiger partial charge < -0.3 is 10.6 Å². The van der Waals surface area contributed by atoms with E-state index in [1.54, 1.807) is 25.1 Å². The maximum Gasteiger partial charge on any atom is 0.240 e. The Hall–Kier alpha value is -1.75. The van der Waals surface area contributed by atoms with Crippen LogP contribution in [0.25, 0.3) is 0 Å². The fourth-order valence-corrected chi connectivity index (χ4v) is 3.76. The molecule has 8 heteroatoms. The summed E-state index contributed by atoms with van der Waals surface area (Å²) < 4.78 is 0. The number of halogens is 1. The van der Waals surface area contributed by atoms with Gasteiger partial charge in [0.25, 0.3) is 0 Å². The van der Waals surface area contributed by atoms with Crippen molar-refractivity contribution in [3.8, 4) is 6.07 Å².